The van der Waals surface area contributed by atoms with Crippen LogP contribution in [0.1, 0.15) is 49.3 Å². The van der Waals surface area contributed by atoms with Crippen LogP contribution in [0.15, 0.2) is 6.20 Å². The molecule has 1 saturated heterocycles. The molecule has 4 nitrogen and oxygen atoms in total. The highest BCUT2D eigenvalue weighted by molar-refractivity contribution is 5.13. The third-order valence-corrected chi connectivity index (χ3v) is 3.80. The molecule has 3 N–H and O–H groups in total. The molecule has 2 unspecified atom stereocenters. The molecule has 0 aromatic carbocycles. The molecule has 3 rings (SSSR count). The van der Waals surface area contributed by atoms with Crippen molar-refractivity contribution in [2.24, 2.45) is 5.73 Å². The number of aryl methyl sites for hydroxylation is 1. The van der Waals surface area contributed by atoms with Crippen LogP contribution in [0.5, 0.6) is 0 Å². The standard InChI is InChI=1S/C12H20N4/c13-11-4-1-5-12-15-10(8-16(11)12)9-3-2-6-14-7-9/h8-9,11,14H,1-7,13H2. The van der Waals surface area contributed by atoms with Crippen molar-refractivity contribution in [2.45, 2.75) is 44.2 Å². The van der Waals surface area contributed by atoms with Crippen LogP contribution in [-0.4, -0.2) is 22.6 Å². The van der Waals surface area contributed by atoms with E-state index in [0.29, 0.717) is 5.92 Å². The number of nitrogens with one attached hydrogen (secondary N) is 1. The van der Waals surface area contributed by atoms with E-state index >= 15 is 0 Å². The molecule has 88 valence electrons. The lowest BCUT2D eigenvalue weighted by molar-refractivity contribution is 0.408. The van der Waals surface area contributed by atoms with Gasteiger partial charge in [-0.1, -0.05) is 0 Å². The zero-order valence-corrected chi connectivity index (χ0v) is 9.65. The van der Waals surface area contributed by atoms with E-state index in [0.717, 1.165) is 25.9 Å². The van der Waals surface area contributed by atoms with E-state index in [1.807, 2.05) is 0 Å². The van der Waals surface area contributed by atoms with Gasteiger partial charge in [-0.15, -0.1) is 0 Å². The molecule has 0 bridgehead atoms. The Bertz CT molecular complexity index is 365. The quantitative estimate of drug-likeness (QED) is 0.746. The smallest absolute Gasteiger partial charge is 0.110 e. The van der Waals surface area contributed by atoms with Crippen molar-refractivity contribution < 1.29 is 0 Å². The molecule has 0 aliphatic carbocycles. The predicted octanol–water partition coefficient (Wildman–Crippen LogP) is 1.14. The molecule has 1 aromatic rings. The molecule has 0 amide bonds. The second kappa shape index (κ2) is 4.18. The Hall–Kier alpha value is -0.870. The van der Waals surface area contributed by atoms with E-state index in [1.165, 1.54) is 30.8 Å². The Kier molecular flexibility index (Phi) is 2.69. The summed E-state index contributed by atoms with van der Waals surface area (Å²) in [5.41, 5.74) is 7.35. The molecular formula is C12H20N4. The summed E-state index contributed by atoms with van der Waals surface area (Å²) >= 11 is 0. The molecule has 0 saturated carbocycles. The number of hydrogen-bond acceptors (Lipinski definition) is 3. The van der Waals surface area contributed by atoms with Gasteiger partial charge in [0, 0.05) is 25.1 Å². The largest absolute Gasteiger partial charge is 0.319 e. The number of hydrogen-bond donors (Lipinski definition) is 2. The van der Waals surface area contributed by atoms with Gasteiger partial charge in [-0.25, -0.2) is 4.98 Å². The first-order valence-corrected chi connectivity index (χ1v) is 6.38. The summed E-state index contributed by atoms with van der Waals surface area (Å²) in [6.45, 7) is 2.23. The predicted molar refractivity (Wildman–Crippen MR) is 63.2 cm³/mol. The van der Waals surface area contributed by atoms with Gasteiger partial charge in [0.1, 0.15) is 5.82 Å². The van der Waals surface area contributed by atoms with Crippen LogP contribution in [0, 0.1) is 0 Å². The third kappa shape index (κ3) is 1.76. The molecule has 2 atom stereocenters. The van der Waals surface area contributed by atoms with Crippen molar-refractivity contribution in [2.75, 3.05) is 13.1 Å². The number of nitrogens with zero attached hydrogens (tertiary/aromatic N) is 2. The molecule has 1 aromatic heterocycles. The lowest BCUT2D eigenvalue weighted by atomic mass is 9.97. The normalized spacial score (nSPS) is 30.1. The van der Waals surface area contributed by atoms with Crippen LogP contribution in [0.25, 0.3) is 0 Å². The van der Waals surface area contributed by atoms with E-state index < -0.39 is 0 Å². The van der Waals surface area contributed by atoms with Crippen LogP contribution in [0.4, 0.5) is 0 Å². The van der Waals surface area contributed by atoms with Crippen LogP contribution < -0.4 is 11.1 Å². The van der Waals surface area contributed by atoms with Gasteiger partial charge >= 0.3 is 0 Å². The first kappa shape index (κ1) is 10.3. The van der Waals surface area contributed by atoms with Gasteiger partial charge in [0.15, 0.2) is 0 Å². The molecule has 3 heterocycles. The summed E-state index contributed by atoms with van der Waals surface area (Å²) in [6.07, 6.45) is 8.23. The molecular weight excluding hydrogens is 200 g/mol. The van der Waals surface area contributed by atoms with E-state index in [2.05, 4.69) is 16.1 Å². The number of aromatic nitrogens is 2. The van der Waals surface area contributed by atoms with Crippen LogP contribution in [0.3, 0.4) is 0 Å². The second-order valence-electron chi connectivity index (χ2n) is 4.99. The minimum absolute atomic E-state index is 0.154. The Labute approximate surface area is 96.2 Å². The van der Waals surface area contributed by atoms with Gasteiger partial charge in [0.2, 0.25) is 0 Å². The van der Waals surface area contributed by atoms with Gasteiger partial charge in [-0.3, -0.25) is 0 Å². The summed E-state index contributed by atoms with van der Waals surface area (Å²) in [6, 6.07) is 0. The number of nitrogens with two attached hydrogens (primary N) is 1. The monoisotopic (exact) mass is 220 g/mol. The Balaban J connectivity index is 1.85. The fraction of sp³-hybridized carbons (Fsp3) is 0.750. The summed E-state index contributed by atoms with van der Waals surface area (Å²) in [5, 5.41) is 3.44. The SMILES string of the molecule is NC1CCCc2nc(C3CCCNC3)cn21. The Morgan fingerprint density at radius 1 is 1.38 bits per heavy atom. The zero-order valence-electron chi connectivity index (χ0n) is 9.65. The highest BCUT2D eigenvalue weighted by Gasteiger charge is 2.23. The number of fused-ring (bicyclic) bond motifs is 1. The fourth-order valence-electron chi connectivity index (χ4n) is 2.83. The summed E-state index contributed by atoms with van der Waals surface area (Å²) in [5.74, 6) is 1.79. The second-order valence-corrected chi connectivity index (χ2v) is 4.99. The topological polar surface area (TPSA) is 55.9 Å². The van der Waals surface area contributed by atoms with Gasteiger partial charge in [-0.2, -0.15) is 0 Å². The van der Waals surface area contributed by atoms with Crippen LogP contribution in [-0.2, 0) is 6.42 Å². The summed E-state index contributed by atoms with van der Waals surface area (Å²) in [4.78, 5) is 4.77. The maximum Gasteiger partial charge on any atom is 0.110 e. The average molecular weight is 220 g/mol. The molecule has 2 aliphatic rings. The fourth-order valence-corrected chi connectivity index (χ4v) is 2.83. The minimum atomic E-state index is 0.154. The third-order valence-electron chi connectivity index (χ3n) is 3.80. The molecule has 0 radical (unpaired) electrons. The molecule has 16 heavy (non-hydrogen) atoms. The number of imidazole rings is 1. The molecule has 4 heteroatoms. The first-order valence-electron chi connectivity index (χ1n) is 6.38. The van der Waals surface area contributed by atoms with Crippen LogP contribution >= 0.6 is 0 Å². The molecule has 0 spiro atoms. The number of piperidine rings is 1. The Morgan fingerprint density at radius 2 is 2.31 bits per heavy atom. The highest BCUT2D eigenvalue weighted by Crippen LogP contribution is 2.27. The number of rotatable bonds is 1. The van der Waals surface area contributed by atoms with Gasteiger partial charge in [-0.05, 0) is 32.2 Å². The molecule has 2 aliphatic heterocycles. The lowest BCUT2D eigenvalue weighted by Crippen LogP contribution is -2.28. The molecule has 1 fully saturated rings. The lowest BCUT2D eigenvalue weighted by Gasteiger charge is -2.21. The minimum Gasteiger partial charge on any atom is -0.319 e. The highest BCUT2D eigenvalue weighted by atomic mass is 15.2. The van der Waals surface area contributed by atoms with E-state index in [-0.39, 0.29) is 6.17 Å². The van der Waals surface area contributed by atoms with Crippen molar-refractivity contribution >= 4 is 0 Å². The van der Waals surface area contributed by atoms with Crippen molar-refractivity contribution in [3.63, 3.8) is 0 Å². The van der Waals surface area contributed by atoms with E-state index in [9.17, 15) is 0 Å². The maximum atomic E-state index is 6.10. The van der Waals surface area contributed by atoms with Crippen molar-refractivity contribution in [1.82, 2.24) is 14.9 Å². The van der Waals surface area contributed by atoms with Gasteiger partial charge in [0.25, 0.3) is 0 Å². The van der Waals surface area contributed by atoms with E-state index in [4.69, 9.17) is 10.7 Å². The Morgan fingerprint density at radius 3 is 3.06 bits per heavy atom. The van der Waals surface area contributed by atoms with Crippen molar-refractivity contribution in [1.29, 1.82) is 0 Å². The maximum absolute atomic E-state index is 6.10. The van der Waals surface area contributed by atoms with Crippen LogP contribution in [0.2, 0.25) is 0 Å². The summed E-state index contributed by atoms with van der Waals surface area (Å²) in [7, 11) is 0. The zero-order chi connectivity index (χ0) is 11.0. The summed E-state index contributed by atoms with van der Waals surface area (Å²) < 4.78 is 2.19. The average Bonchev–Trinajstić information content (AvgIpc) is 2.76. The van der Waals surface area contributed by atoms with Crippen molar-refractivity contribution in [3.05, 3.63) is 17.7 Å². The van der Waals surface area contributed by atoms with Crippen molar-refractivity contribution in [3.8, 4) is 0 Å². The van der Waals surface area contributed by atoms with Gasteiger partial charge < -0.3 is 15.6 Å². The van der Waals surface area contributed by atoms with E-state index in [1.54, 1.807) is 0 Å². The first-order chi connectivity index (χ1) is 7.84. The van der Waals surface area contributed by atoms with Gasteiger partial charge in [0.05, 0.1) is 11.9 Å².